The van der Waals surface area contributed by atoms with Gasteiger partial charge in [0.1, 0.15) is 5.82 Å². The van der Waals surface area contributed by atoms with Crippen LogP contribution >= 0.6 is 0 Å². The molecular formula is C21H24N4O. The van der Waals surface area contributed by atoms with Crippen LogP contribution in [0, 0.1) is 12.8 Å². The summed E-state index contributed by atoms with van der Waals surface area (Å²) >= 11 is 0. The number of carbonyl (C=O) groups excluding carboxylic acids is 1. The smallest absolute Gasteiger partial charge is 0.315 e. The van der Waals surface area contributed by atoms with E-state index in [0.29, 0.717) is 19.0 Å². The van der Waals surface area contributed by atoms with E-state index in [1.807, 2.05) is 43.3 Å². The molecule has 1 aromatic heterocycles. The van der Waals surface area contributed by atoms with Crippen molar-refractivity contribution in [3.8, 4) is 0 Å². The summed E-state index contributed by atoms with van der Waals surface area (Å²) in [7, 11) is 0. The third kappa shape index (κ3) is 3.57. The molecule has 1 aliphatic rings. The Bertz CT molecular complexity index is 899. The van der Waals surface area contributed by atoms with E-state index in [0.717, 1.165) is 16.9 Å². The van der Waals surface area contributed by atoms with Crippen LogP contribution < -0.4 is 10.6 Å². The first-order chi connectivity index (χ1) is 12.7. The van der Waals surface area contributed by atoms with Crippen LogP contribution in [0.4, 0.5) is 4.79 Å². The maximum Gasteiger partial charge on any atom is 0.315 e. The second-order valence-corrected chi connectivity index (χ2v) is 6.93. The highest BCUT2D eigenvalue weighted by atomic mass is 16.2. The average Bonchev–Trinajstić information content (AvgIpc) is 3.45. The van der Waals surface area contributed by atoms with Crippen LogP contribution in [-0.2, 0) is 6.54 Å². The van der Waals surface area contributed by atoms with Crippen LogP contribution in [-0.4, -0.2) is 22.1 Å². The Labute approximate surface area is 153 Å². The van der Waals surface area contributed by atoms with Gasteiger partial charge in [-0.25, -0.2) is 9.78 Å². The molecule has 1 saturated carbocycles. The number of nitrogens with zero attached hydrogens (tertiary/aromatic N) is 2. The van der Waals surface area contributed by atoms with Crippen LogP contribution in [0.25, 0.3) is 11.0 Å². The molecule has 4 rings (SSSR count). The van der Waals surface area contributed by atoms with E-state index in [2.05, 4.69) is 38.4 Å². The summed E-state index contributed by atoms with van der Waals surface area (Å²) in [5.41, 5.74) is 3.28. The van der Waals surface area contributed by atoms with Crippen molar-refractivity contribution in [2.24, 2.45) is 5.92 Å². The zero-order chi connectivity index (χ0) is 17.9. The Kier molecular flexibility index (Phi) is 4.61. The molecule has 3 aromatic rings. The number of imidazole rings is 1. The molecule has 5 nitrogen and oxygen atoms in total. The molecule has 0 aliphatic heterocycles. The summed E-state index contributed by atoms with van der Waals surface area (Å²) in [6.45, 7) is 3.27. The zero-order valence-corrected chi connectivity index (χ0v) is 15.0. The minimum atomic E-state index is -0.104. The first-order valence-corrected chi connectivity index (χ1v) is 9.23. The molecular weight excluding hydrogens is 324 g/mol. The van der Waals surface area contributed by atoms with Gasteiger partial charge in [0, 0.05) is 13.1 Å². The van der Waals surface area contributed by atoms with Crippen molar-refractivity contribution >= 4 is 17.1 Å². The molecule has 26 heavy (non-hydrogen) atoms. The number of rotatable bonds is 6. The number of fused-ring (bicyclic) bond motifs is 1. The number of para-hydroxylation sites is 2. The van der Waals surface area contributed by atoms with Crippen molar-refractivity contribution < 1.29 is 4.79 Å². The van der Waals surface area contributed by atoms with Gasteiger partial charge in [-0.2, -0.15) is 0 Å². The van der Waals surface area contributed by atoms with E-state index in [9.17, 15) is 4.79 Å². The molecule has 1 unspecified atom stereocenters. The summed E-state index contributed by atoms with van der Waals surface area (Å²) in [4.78, 5) is 17.0. The molecule has 134 valence electrons. The van der Waals surface area contributed by atoms with Crippen molar-refractivity contribution in [1.29, 1.82) is 0 Å². The third-order valence-electron chi connectivity index (χ3n) is 5.01. The first-order valence-electron chi connectivity index (χ1n) is 9.23. The topological polar surface area (TPSA) is 59.0 Å². The summed E-state index contributed by atoms with van der Waals surface area (Å²) in [6.07, 6.45) is 2.36. The molecule has 1 aliphatic carbocycles. The zero-order valence-electron chi connectivity index (χ0n) is 15.0. The first kappa shape index (κ1) is 16.6. The van der Waals surface area contributed by atoms with Crippen molar-refractivity contribution in [2.45, 2.75) is 32.4 Å². The molecule has 2 N–H and O–H groups in total. The molecule has 1 atom stereocenters. The SMILES string of the molecule is Cc1nc2ccccc2n1CCNC(=O)NC(c1ccccc1)C1CC1. The third-order valence-corrected chi connectivity index (χ3v) is 5.01. The van der Waals surface area contributed by atoms with Gasteiger partial charge in [-0.05, 0) is 43.4 Å². The van der Waals surface area contributed by atoms with E-state index in [1.54, 1.807) is 0 Å². The number of aryl methyl sites for hydroxylation is 1. The maximum absolute atomic E-state index is 12.4. The average molecular weight is 348 g/mol. The molecule has 0 spiro atoms. The largest absolute Gasteiger partial charge is 0.336 e. The van der Waals surface area contributed by atoms with E-state index < -0.39 is 0 Å². The predicted octanol–water partition coefficient (Wildman–Crippen LogP) is 3.80. The van der Waals surface area contributed by atoms with Crippen LogP contribution in [0.3, 0.4) is 0 Å². The standard InChI is InChI=1S/C21H24N4O/c1-15-23-18-9-5-6-10-19(18)25(15)14-13-22-21(26)24-20(17-11-12-17)16-7-3-2-4-8-16/h2-10,17,20H,11-14H2,1H3,(H2,22,24,26). The Balaban J connectivity index is 1.35. The Morgan fingerprint density at radius 1 is 1.15 bits per heavy atom. The quantitative estimate of drug-likeness (QED) is 0.712. The molecule has 0 saturated heterocycles. The number of aromatic nitrogens is 2. The van der Waals surface area contributed by atoms with Gasteiger partial charge in [-0.15, -0.1) is 0 Å². The highest BCUT2D eigenvalue weighted by Crippen LogP contribution is 2.40. The van der Waals surface area contributed by atoms with Gasteiger partial charge < -0.3 is 15.2 Å². The normalized spacial score (nSPS) is 15.0. The molecule has 1 fully saturated rings. The minimum absolute atomic E-state index is 0.104. The highest BCUT2D eigenvalue weighted by Gasteiger charge is 2.33. The lowest BCUT2D eigenvalue weighted by Crippen LogP contribution is -2.40. The summed E-state index contributed by atoms with van der Waals surface area (Å²) < 4.78 is 2.14. The molecule has 0 radical (unpaired) electrons. The molecule has 5 heteroatoms. The van der Waals surface area contributed by atoms with Crippen molar-refractivity contribution in [3.63, 3.8) is 0 Å². The second kappa shape index (κ2) is 7.20. The summed E-state index contributed by atoms with van der Waals surface area (Å²) in [6, 6.07) is 18.3. The van der Waals surface area contributed by atoms with Gasteiger partial charge in [-0.3, -0.25) is 0 Å². The number of benzene rings is 2. The van der Waals surface area contributed by atoms with Crippen molar-refractivity contribution in [3.05, 3.63) is 66.0 Å². The molecule has 0 bridgehead atoms. The lowest BCUT2D eigenvalue weighted by atomic mass is 10.0. The van der Waals surface area contributed by atoms with Gasteiger partial charge in [0.15, 0.2) is 0 Å². The fraction of sp³-hybridized carbons (Fsp3) is 0.333. The predicted molar refractivity (Wildman–Crippen MR) is 103 cm³/mol. The van der Waals surface area contributed by atoms with Gasteiger partial charge >= 0.3 is 6.03 Å². The fourth-order valence-electron chi connectivity index (χ4n) is 3.51. The second-order valence-electron chi connectivity index (χ2n) is 6.93. The Morgan fingerprint density at radius 3 is 2.65 bits per heavy atom. The number of hydrogen-bond acceptors (Lipinski definition) is 2. The van der Waals surface area contributed by atoms with Gasteiger partial charge in [-0.1, -0.05) is 42.5 Å². The number of nitrogens with one attached hydrogen (secondary N) is 2. The van der Waals surface area contributed by atoms with E-state index >= 15 is 0 Å². The van der Waals surface area contributed by atoms with Crippen LogP contribution in [0.15, 0.2) is 54.6 Å². The number of carbonyl (C=O) groups is 1. The van der Waals surface area contributed by atoms with E-state index in [-0.39, 0.29) is 12.1 Å². The van der Waals surface area contributed by atoms with Crippen molar-refractivity contribution in [2.75, 3.05) is 6.54 Å². The molecule has 2 aromatic carbocycles. The van der Waals surface area contributed by atoms with E-state index in [4.69, 9.17) is 0 Å². The van der Waals surface area contributed by atoms with Crippen LogP contribution in [0.5, 0.6) is 0 Å². The van der Waals surface area contributed by atoms with Gasteiger partial charge in [0.2, 0.25) is 0 Å². The highest BCUT2D eigenvalue weighted by molar-refractivity contribution is 5.76. The Hall–Kier alpha value is -2.82. The maximum atomic E-state index is 12.4. The summed E-state index contributed by atoms with van der Waals surface area (Å²) in [5, 5.41) is 6.15. The summed E-state index contributed by atoms with van der Waals surface area (Å²) in [5.74, 6) is 1.52. The fourth-order valence-corrected chi connectivity index (χ4v) is 3.51. The minimum Gasteiger partial charge on any atom is -0.336 e. The number of amides is 2. The number of hydrogen-bond donors (Lipinski definition) is 2. The van der Waals surface area contributed by atoms with Gasteiger partial charge in [0.25, 0.3) is 0 Å². The van der Waals surface area contributed by atoms with Gasteiger partial charge in [0.05, 0.1) is 17.1 Å². The van der Waals surface area contributed by atoms with Crippen molar-refractivity contribution in [1.82, 2.24) is 20.2 Å². The van der Waals surface area contributed by atoms with Crippen LogP contribution in [0.2, 0.25) is 0 Å². The van der Waals surface area contributed by atoms with E-state index in [1.165, 1.54) is 18.4 Å². The monoisotopic (exact) mass is 348 g/mol. The lowest BCUT2D eigenvalue weighted by Gasteiger charge is -2.19. The number of urea groups is 1. The Morgan fingerprint density at radius 2 is 1.88 bits per heavy atom. The van der Waals surface area contributed by atoms with Crippen LogP contribution in [0.1, 0.15) is 30.3 Å². The molecule has 1 heterocycles. The molecule has 2 amide bonds. The lowest BCUT2D eigenvalue weighted by molar-refractivity contribution is 0.235.